The van der Waals surface area contributed by atoms with Crippen LogP contribution in [0.15, 0.2) is 48.0 Å². The van der Waals surface area contributed by atoms with Crippen LogP contribution < -0.4 is 4.74 Å². The molecule has 0 saturated carbocycles. The number of hydrogen-bond acceptors (Lipinski definition) is 5. The summed E-state index contributed by atoms with van der Waals surface area (Å²) in [7, 11) is 2.05. The quantitative estimate of drug-likeness (QED) is 0.536. The molecule has 1 N–H and O–H groups in total. The first kappa shape index (κ1) is 18.2. The molecule has 0 spiro atoms. The molecule has 2 aromatic carbocycles. The van der Waals surface area contributed by atoms with Crippen molar-refractivity contribution >= 4 is 21.4 Å². The second kappa shape index (κ2) is 7.21. The first-order valence-corrected chi connectivity index (χ1v) is 10.6. The van der Waals surface area contributed by atoms with Gasteiger partial charge in [0.25, 0.3) is 0 Å². The van der Waals surface area contributed by atoms with E-state index in [1.54, 1.807) is 11.3 Å². The second-order valence-electron chi connectivity index (χ2n) is 7.54. The number of aryl methyl sites for hydroxylation is 1. The number of aromatic nitrogens is 2. The van der Waals surface area contributed by atoms with Gasteiger partial charge in [0.2, 0.25) is 0 Å². The Bertz CT molecular complexity index is 1190. The molecule has 1 aliphatic rings. The lowest BCUT2D eigenvalue weighted by Crippen LogP contribution is -2.26. The van der Waals surface area contributed by atoms with Gasteiger partial charge in [-0.1, -0.05) is 18.2 Å². The van der Waals surface area contributed by atoms with Gasteiger partial charge in [0, 0.05) is 54.1 Å². The van der Waals surface area contributed by atoms with E-state index in [2.05, 4.69) is 50.2 Å². The second-order valence-corrected chi connectivity index (χ2v) is 8.46. The van der Waals surface area contributed by atoms with Crippen molar-refractivity contribution < 1.29 is 9.84 Å². The van der Waals surface area contributed by atoms with Gasteiger partial charge in [0.1, 0.15) is 12.4 Å². The third-order valence-electron chi connectivity index (χ3n) is 5.69. The maximum atomic E-state index is 10.7. The Morgan fingerprint density at radius 1 is 1.24 bits per heavy atom. The Kier molecular flexibility index (Phi) is 4.53. The van der Waals surface area contributed by atoms with Crippen molar-refractivity contribution in [3.05, 3.63) is 65.1 Å². The molecule has 0 radical (unpaired) electrons. The van der Waals surface area contributed by atoms with Gasteiger partial charge in [-0.25, -0.2) is 4.98 Å². The normalized spacial score (nSPS) is 14.6. The number of phenols is 1. The van der Waals surface area contributed by atoms with Crippen LogP contribution in [0.4, 0.5) is 0 Å². The molecule has 5 nitrogen and oxygen atoms in total. The number of hydrogen-bond donors (Lipinski definition) is 1. The van der Waals surface area contributed by atoms with Gasteiger partial charge in [0.15, 0.2) is 11.5 Å². The molecule has 0 aliphatic carbocycles. The summed E-state index contributed by atoms with van der Waals surface area (Å²) in [6.45, 7) is 4.89. The summed E-state index contributed by atoms with van der Waals surface area (Å²) < 4.78 is 9.31. The lowest BCUT2D eigenvalue weighted by atomic mass is 10.0. The molecule has 29 heavy (non-hydrogen) atoms. The van der Waals surface area contributed by atoms with Gasteiger partial charge in [-0.05, 0) is 36.1 Å². The topological polar surface area (TPSA) is 50.5 Å². The van der Waals surface area contributed by atoms with Gasteiger partial charge in [-0.15, -0.1) is 11.3 Å². The van der Waals surface area contributed by atoms with Crippen LogP contribution in [-0.4, -0.2) is 32.7 Å². The number of fused-ring (bicyclic) bond motifs is 2. The molecule has 0 saturated heterocycles. The Labute approximate surface area is 173 Å². The monoisotopic (exact) mass is 405 g/mol. The van der Waals surface area contributed by atoms with Crippen LogP contribution in [0.1, 0.15) is 17.1 Å². The number of ether oxygens (including phenoxy) is 1. The van der Waals surface area contributed by atoms with Crippen molar-refractivity contribution in [1.82, 2.24) is 14.5 Å². The van der Waals surface area contributed by atoms with E-state index in [0.717, 1.165) is 42.1 Å². The Morgan fingerprint density at radius 2 is 2.10 bits per heavy atom. The molecule has 0 bridgehead atoms. The van der Waals surface area contributed by atoms with Gasteiger partial charge in [-0.3, -0.25) is 4.90 Å². The standard InChI is InChI=1S/C23H23N3O2S/c1-15-24-11-18(25(15)2)13-26-7-8-28-23-17(12-26)9-16(10-21(23)27)20-14-29-22-6-4-3-5-19(20)22/h3-6,9-11,14,27H,7-8,12-13H2,1-2H3. The average molecular weight is 406 g/mol. The number of phenolic OH excluding ortho intramolecular Hbond substituents is 1. The zero-order chi connectivity index (χ0) is 20.0. The van der Waals surface area contributed by atoms with E-state index in [0.29, 0.717) is 12.4 Å². The third-order valence-corrected chi connectivity index (χ3v) is 6.65. The fourth-order valence-electron chi connectivity index (χ4n) is 3.97. The highest BCUT2D eigenvalue weighted by Crippen LogP contribution is 2.41. The van der Waals surface area contributed by atoms with Crippen LogP contribution in [0.3, 0.4) is 0 Å². The highest BCUT2D eigenvalue weighted by atomic mass is 32.1. The van der Waals surface area contributed by atoms with E-state index in [4.69, 9.17) is 4.74 Å². The fraction of sp³-hybridized carbons (Fsp3) is 0.261. The molecule has 0 fully saturated rings. The van der Waals surface area contributed by atoms with Crippen molar-refractivity contribution in [3.63, 3.8) is 0 Å². The van der Waals surface area contributed by atoms with Gasteiger partial charge in [0.05, 0.1) is 5.69 Å². The smallest absolute Gasteiger partial charge is 0.165 e. The number of nitrogens with zero attached hydrogens (tertiary/aromatic N) is 3. The number of imidazole rings is 1. The van der Waals surface area contributed by atoms with E-state index in [1.165, 1.54) is 15.8 Å². The summed E-state index contributed by atoms with van der Waals surface area (Å²) in [4.78, 5) is 6.75. The summed E-state index contributed by atoms with van der Waals surface area (Å²) in [5.41, 5.74) is 4.38. The Balaban J connectivity index is 1.51. The van der Waals surface area contributed by atoms with Crippen molar-refractivity contribution in [2.24, 2.45) is 7.05 Å². The summed E-state index contributed by atoms with van der Waals surface area (Å²) in [5.74, 6) is 1.83. The Morgan fingerprint density at radius 3 is 2.93 bits per heavy atom. The number of benzene rings is 2. The summed E-state index contributed by atoms with van der Waals surface area (Å²) in [6.07, 6.45) is 1.94. The van der Waals surface area contributed by atoms with Crippen LogP contribution in [0.25, 0.3) is 21.2 Å². The SMILES string of the molecule is Cc1ncc(CN2CCOc3c(O)cc(-c4csc5ccccc45)cc3C2)n1C. The minimum atomic E-state index is 0.214. The average Bonchev–Trinajstić information content (AvgIpc) is 3.20. The number of rotatable bonds is 3. The summed E-state index contributed by atoms with van der Waals surface area (Å²) in [6, 6.07) is 12.4. The Hall–Kier alpha value is -2.83. The van der Waals surface area contributed by atoms with E-state index in [1.807, 2.05) is 26.2 Å². The predicted molar refractivity (Wildman–Crippen MR) is 116 cm³/mol. The molecule has 148 valence electrons. The highest BCUT2D eigenvalue weighted by Gasteiger charge is 2.21. The molecule has 0 atom stereocenters. The number of aromatic hydroxyl groups is 1. The number of thiophene rings is 1. The lowest BCUT2D eigenvalue weighted by Gasteiger charge is -2.19. The van der Waals surface area contributed by atoms with Crippen LogP contribution in [0.2, 0.25) is 0 Å². The third kappa shape index (κ3) is 3.28. The largest absolute Gasteiger partial charge is 0.504 e. The van der Waals surface area contributed by atoms with Crippen molar-refractivity contribution in [2.45, 2.75) is 20.0 Å². The minimum absolute atomic E-state index is 0.214. The maximum Gasteiger partial charge on any atom is 0.165 e. The van der Waals surface area contributed by atoms with Crippen molar-refractivity contribution in [3.8, 4) is 22.6 Å². The molecule has 2 aromatic heterocycles. The molecule has 6 heteroatoms. The molecule has 0 amide bonds. The van der Waals surface area contributed by atoms with E-state index >= 15 is 0 Å². The molecule has 3 heterocycles. The van der Waals surface area contributed by atoms with Crippen LogP contribution >= 0.6 is 11.3 Å². The van der Waals surface area contributed by atoms with Crippen LogP contribution in [-0.2, 0) is 20.1 Å². The van der Waals surface area contributed by atoms with E-state index in [-0.39, 0.29) is 5.75 Å². The predicted octanol–water partition coefficient (Wildman–Crippen LogP) is 4.71. The summed E-state index contributed by atoms with van der Waals surface area (Å²) in [5, 5.41) is 14.1. The minimum Gasteiger partial charge on any atom is -0.504 e. The van der Waals surface area contributed by atoms with Crippen LogP contribution in [0, 0.1) is 6.92 Å². The van der Waals surface area contributed by atoms with Gasteiger partial charge in [-0.2, -0.15) is 0 Å². The molecule has 4 aromatic rings. The molecule has 1 aliphatic heterocycles. The zero-order valence-electron chi connectivity index (χ0n) is 16.6. The van der Waals surface area contributed by atoms with E-state index in [9.17, 15) is 5.11 Å². The first-order chi connectivity index (χ1) is 14.1. The van der Waals surface area contributed by atoms with Gasteiger partial charge >= 0.3 is 0 Å². The molecule has 5 rings (SSSR count). The fourth-order valence-corrected chi connectivity index (χ4v) is 4.94. The van der Waals surface area contributed by atoms with E-state index < -0.39 is 0 Å². The molecule has 0 unspecified atom stereocenters. The van der Waals surface area contributed by atoms with Crippen molar-refractivity contribution in [2.75, 3.05) is 13.2 Å². The van der Waals surface area contributed by atoms with Crippen LogP contribution in [0.5, 0.6) is 11.5 Å². The molecular formula is C23H23N3O2S. The zero-order valence-corrected chi connectivity index (χ0v) is 17.4. The lowest BCUT2D eigenvalue weighted by molar-refractivity contribution is 0.214. The summed E-state index contributed by atoms with van der Waals surface area (Å²) >= 11 is 1.73. The first-order valence-electron chi connectivity index (χ1n) is 9.75. The maximum absolute atomic E-state index is 10.7. The van der Waals surface area contributed by atoms with Crippen molar-refractivity contribution in [1.29, 1.82) is 0 Å². The highest BCUT2D eigenvalue weighted by molar-refractivity contribution is 7.17. The molecular weight excluding hydrogens is 382 g/mol. The van der Waals surface area contributed by atoms with Gasteiger partial charge < -0.3 is 14.4 Å².